The minimum atomic E-state index is 0.162. The second kappa shape index (κ2) is 18.6. The van der Waals surface area contributed by atoms with Gasteiger partial charge in [-0.3, -0.25) is 0 Å². The highest BCUT2D eigenvalue weighted by molar-refractivity contribution is 5.36. The van der Waals surface area contributed by atoms with Gasteiger partial charge in [0.1, 0.15) is 11.5 Å². The topological polar surface area (TPSA) is 40.5 Å². The highest BCUT2D eigenvalue weighted by atomic mass is 16.3. The first-order valence-electron chi connectivity index (χ1n) is 12.4. The lowest BCUT2D eigenvalue weighted by atomic mass is 10.0. The van der Waals surface area contributed by atoms with Gasteiger partial charge in [-0.25, -0.2) is 0 Å². The lowest BCUT2D eigenvalue weighted by molar-refractivity contribution is 0.449. The van der Waals surface area contributed by atoms with Gasteiger partial charge >= 0.3 is 0 Å². The van der Waals surface area contributed by atoms with Gasteiger partial charge < -0.3 is 10.2 Å². The quantitative estimate of drug-likeness (QED) is 0.179. The summed E-state index contributed by atoms with van der Waals surface area (Å²) >= 11 is 0. The number of benzene rings is 1. The Labute approximate surface area is 180 Å². The number of unbranched alkanes of at least 4 members (excludes halogenated alkanes) is 15. The number of phenolic OH excluding ortho intramolecular Hbond substituents is 2. The van der Waals surface area contributed by atoms with Crippen LogP contribution in [0.2, 0.25) is 0 Å². The Kier molecular flexibility index (Phi) is 16.4. The zero-order valence-corrected chi connectivity index (χ0v) is 19.0. The molecular weight excluding hydrogens is 356 g/mol. The summed E-state index contributed by atoms with van der Waals surface area (Å²) in [5.74, 6) is 0.324. The van der Waals surface area contributed by atoms with Crippen molar-refractivity contribution in [1.29, 1.82) is 0 Å². The Morgan fingerprint density at radius 2 is 0.966 bits per heavy atom. The lowest BCUT2D eigenvalue weighted by Crippen LogP contribution is -1.87. The van der Waals surface area contributed by atoms with Gasteiger partial charge in [-0.05, 0) is 49.8 Å². The number of hydrogen-bond acceptors (Lipinski definition) is 2. The molecule has 0 atom stereocenters. The largest absolute Gasteiger partial charge is 0.508 e. The van der Waals surface area contributed by atoms with Gasteiger partial charge in [-0.2, -0.15) is 0 Å². The second-order valence-corrected chi connectivity index (χ2v) is 8.61. The number of aromatic hydroxyl groups is 2. The van der Waals surface area contributed by atoms with E-state index in [1.54, 1.807) is 12.1 Å². The van der Waals surface area contributed by atoms with Crippen LogP contribution in [0.3, 0.4) is 0 Å². The van der Waals surface area contributed by atoms with Crippen LogP contribution < -0.4 is 0 Å². The summed E-state index contributed by atoms with van der Waals surface area (Å²) in [6, 6.07) is 4.90. The molecule has 0 saturated carbocycles. The van der Waals surface area contributed by atoms with Crippen LogP contribution in [-0.2, 0) is 6.42 Å². The molecule has 0 aliphatic rings. The molecule has 0 amide bonds. The van der Waals surface area contributed by atoms with Crippen LogP contribution in [0.15, 0.2) is 30.4 Å². The van der Waals surface area contributed by atoms with Gasteiger partial charge in [0, 0.05) is 6.07 Å². The molecule has 2 heteroatoms. The van der Waals surface area contributed by atoms with E-state index in [1.807, 2.05) is 0 Å². The maximum atomic E-state index is 9.49. The van der Waals surface area contributed by atoms with E-state index in [1.165, 1.54) is 109 Å². The fourth-order valence-corrected chi connectivity index (χ4v) is 3.89. The van der Waals surface area contributed by atoms with Crippen molar-refractivity contribution in [2.24, 2.45) is 0 Å². The SMILES string of the molecule is CCCC/C=C/CCCCCCCCCCCCCCCc1cc(O)cc(O)c1. The molecule has 0 aromatic heterocycles. The summed E-state index contributed by atoms with van der Waals surface area (Å²) in [5, 5.41) is 19.0. The van der Waals surface area contributed by atoms with Crippen LogP contribution in [0.4, 0.5) is 0 Å². The maximum Gasteiger partial charge on any atom is 0.119 e. The Balaban J connectivity index is 1.77. The van der Waals surface area contributed by atoms with Crippen LogP contribution in [0.5, 0.6) is 11.5 Å². The molecule has 0 bridgehead atoms. The Hall–Kier alpha value is -1.44. The predicted molar refractivity (Wildman–Crippen MR) is 127 cm³/mol. The monoisotopic (exact) mass is 402 g/mol. The molecule has 166 valence electrons. The van der Waals surface area contributed by atoms with Gasteiger partial charge in [0.15, 0.2) is 0 Å². The van der Waals surface area contributed by atoms with E-state index in [2.05, 4.69) is 19.1 Å². The van der Waals surface area contributed by atoms with Gasteiger partial charge in [-0.15, -0.1) is 0 Å². The fraction of sp³-hybridized carbons (Fsp3) is 0.704. The summed E-state index contributed by atoms with van der Waals surface area (Å²) < 4.78 is 0. The fourth-order valence-electron chi connectivity index (χ4n) is 3.89. The van der Waals surface area contributed by atoms with Crippen LogP contribution >= 0.6 is 0 Å². The minimum Gasteiger partial charge on any atom is -0.508 e. The molecule has 1 rings (SSSR count). The van der Waals surface area contributed by atoms with E-state index < -0.39 is 0 Å². The maximum absolute atomic E-state index is 9.49. The van der Waals surface area contributed by atoms with E-state index in [0.29, 0.717) is 0 Å². The first-order valence-corrected chi connectivity index (χ1v) is 12.4. The molecule has 0 spiro atoms. The van der Waals surface area contributed by atoms with Crippen LogP contribution in [0.1, 0.15) is 122 Å². The molecule has 2 N–H and O–H groups in total. The third-order valence-corrected chi connectivity index (χ3v) is 5.69. The van der Waals surface area contributed by atoms with Gasteiger partial charge in [0.2, 0.25) is 0 Å². The molecule has 0 heterocycles. The van der Waals surface area contributed by atoms with E-state index in [0.717, 1.165) is 18.4 Å². The second-order valence-electron chi connectivity index (χ2n) is 8.61. The number of aryl methyl sites for hydroxylation is 1. The van der Waals surface area contributed by atoms with Crippen molar-refractivity contribution in [3.8, 4) is 11.5 Å². The number of rotatable bonds is 19. The van der Waals surface area contributed by atoms with Crippen molar-refractivity contribution >= 4 is 0 Å². The van der Waals surface area contributed by atoms with E-state index in [4.69, 9.17) is 0 Å². The normalized spacial score (nSPS) is 11.5. The molecular formula is C27H46O2. The Morgan fingerprint density at radius 3 is 1.45 bits per heavy atom. The number of allylic oxidation sites excluding steroid dienone is 2. The molecule has 1 aromatic carbocycles. The summed E-state index contributed by atoms with van der Waals surface area (Å²) in [5.41, 5.74) is 1.03. The van der Waals surface area contributed by atoms with E-state index >= 15 is 0 Å². The average Bonchev–Trinajstić information content (AvgIpc) is 2.69. The molecule has 2 nitrogen and oxygen atoms in total. The van der Waals surface area contributed by atoms with Gasteiger partial charge in [-0.1, -0.05) is 103 Å². The zero-order valence-electron chi connectivity index (χ0n) is 19.0. The van der Waals surface area contributed by atoms with E-state index in [9.17, 15) is 10.2 Å². The van der Waals surface area contributed by atoms with Crippen molar-refractivity contribution < 1.29 is 10.2 Å². The standard InChI is InChI=1S/C27H46O2/c1-2-3-4-5-6-7-8-9-10-11-12-13-14-15-16-17-18-19-20-21-25-22-26(28)24-27(29)23-25/h5-6,22-24,28-29H,2-4,7-21H2,1H3/b6-5+. The molecule has 0 aliphatic heterocycles. The molecule has 1 aromatic rings. The molecule has 29 heavy (non-hydrogen) atoms. The average molecular weight is 403 g/mol. The van der Waals surface area contributed by atoms with Gasteiger partial charge in [0.25, 0.3) is 0 Å². The van der Waals surface area contributed by atoms with Crippen molar-refractivity contribution in [2.75, 3.05) is 0 Å². The molecule has 0 radical (unpaired) electrons. The highest BCUT2D eigenvalue weighted by Gasteiger charge is 2.00. The van der Waals surface area contributed by atoms with Crippen molar-refractivity contribution in [2.45, 2.75) is 122 Å². The third kappa shape index (κ3) is 16.1. The minimum absolute atomic E-state index is 0.162. The van der Waals surface area contributed by atoms with Crippen LogP contribution in [-0.4, -0.2) is 10.2 Å². The summed E-state index contributed by atoms with van der Waals surface area (Å²) in [7, 11) is 0. The Bertz CT molecular complexity index is 501. The number of hydrogen-bond donors (Lipinski definition) is 2. The van der Waals surface area contributed by atoms with Crippen molar-refractivity contribution in [3.05, 3.63) is 35.9 Å². The third-order valence-electron chi connectivity index (χ3n) is 5.69. The van der Waals surface area contributed by atoms with Gasteiger partial charge in [0.05, 0.1) is 0 Å². The molecule has 0 fully saturated rings. The summed E-state index contributed by atoms with van der Waals surface area (Å²) in [6.45, 7) is 2.25. The van der Waals surface area contributed by atoms with Crippen LogP contribution in [0, 0.1) is 0 Å². The molecule has 0 saturated heterocycles. The predicted octanol–water partition coefficient (Wildman–Crippen LogP) is 8.85. The molecule has 0 unspecified atom stereocenters. The smallest absolute Gasteiger partial charge is 0.119 e. The summed E-state index contributed by atoms with van der Waals surface area (Å²) in [6.07, 6.45) is 28.5. The summed E-state index contributed by atoms with van der Waals surface area (Å²) in [4.78, 5) is 0. The number of phenols is 2. The lowest BCUT2D eigenvalue weighted by Gasteiger charge is -2.05. The highest BCUT2D eigenvalue weighted by Crippen LogP contribution is 2.22. The van der Waals surface area contributed by atoms with Crippen LogP contribution in [0.25, 0.3) is 0 Å². The first kappa shape index (κ1) is 25.6. The first-order chi connectivity index (χ1) is 14.2. The Morgan fingerprint density at radius 1 is 0.552 bits per heavy atom. The van der Waals surface area contributed by atoms with E-state index in [-0.39, 0.29) is 11.5 Å². The van der Waals surface area contributed by atoms with Crippen molar-refractivity contribution in [1.82, 2.24) is 0 Å². The zero-order chi connectivity index (χ0) is 21.0. The van der Waals surface area contributed by atoms with Crippen molar-refractivity contribution in [3.63, 3.8) is 0 Å². The molecule has 0 aliphatic carbocycles.